The number of hydrogen-bond donors (Lipinski definition) is 3. The Morgan fingerprint density at radius 3 is 2.62 bits per heavy atom. The highest BCUT2D eigenvalue weighted by Gasteiger charge is 2.33. The van der Waals surface area contributed by atoms with Crippen LogP contribution < -0.4 is 16.2 Å². The number of aromatic nitrogens is 2. The second-order valence-corrected chi connectivity index (χ2v) is 6.31. The summed E-state index contributed by atoms with van der Waals surface area (Å²) >= 11 is 0. The van der Waals surface area contributed by atoms with Crippen LogP contribution in [0, 0.1) is 17.2 Å². The van der Waals surface area contributed by atoms with Crippen LogP contribution in [0.2, 0.25) is 0 Å². The summed E-state index contributed by atoms with van der Waals surface area (Å²) in [6.45, 7) is 1.44. The Labute approximate surface area is 151 Å². The highest BCUT2D eigenvalue weighted by Crippen LogP contribution is 2.41. The van der Waals surface area contributed by atoms with Gasteiger partial charge in [-0.1, -0.05) is 0 Å². The average molecular weight is 352 g/mol. The number of anilines is 2. The zero-order valence-corrected chi connectivity index (χ0v) is 14.4. The first-order valence-corrected chi connectivity index (χ1v) is 8.42. The molecule has 1 aliphatic carbocycles. The minimum atomic E-state index is -0.311. The lowest BCUT2D eigenvalue weighted by molar-refractivity contribution is -0.114. The minimum absolute atomic E-state index is 0.0378. The molecule has 0 aliphatic heterocycles. The number of nitriles is 1. The smallest absolute Gasteiger partial charge is 0.272 e. The first kappa shape index (κ1) is 17.5. The molecule has 0 saturated heterocycles. The Bertz CT molecular complexity index is 832. The van der Waals surface area contributed by atoms with E-state index in [9.17, 15) is 9.59 Å². The van der Waals surface area contributed by atoms with Gasteiger partial charge in [0.1, 0.15) is 0 Å². The van der Waals surface area contributed by atoms with Crippen molar-refractivity contribution in [2.24, 2.45) is 5.92 Å². The van der Waals surface area contributed by atoms with Crippen LogP contribution in [0.1, 0.15) is 42.6 Å². The van der Waals surface area contributed by atoms with Gasteiger partial charge in [-0.3, -0.25) is 25.1 Å². The van der Waals surface area contributed by atoms with Crippen molar-refractivity contribution in [2.75, 3.05) is 10.7 Å². The van der Waals surface area contributed by atoms with Crippen LogP contribution in [0.3, 0.4) is 0 Å². The summed E-state index contributed by atoms with van der Waals surface area (Å²) < 4.78 is 1.72. The lowest BCUT2D eigenvalue weighted by atomic mass is 10.1. The number of nitrogens with zero attached hydrogens (tertiary/aromatic N) is 3. The van der Waals surface area contributed by atoms with Gasteiger partial charge < -0.3 is 5.32 Å². The van der Waals surface area contributed by atoms with E-state index < -0.39 is 0 Å². The summed E-state index contributed by atoms with van der Waals surface area (Å²) in [5.41, 5.74) is 7.22. The molecule has 1 atom stereocenters. The molecule has 1 aromatic heterocycles. The van der Waals surface area contributed by atoms with E-state index in [-0.39, 0.29) is 17.9 Å². The topological polar surface area (TPSA) is 112 Å². The summed E-state index contributed by atoms with van der Waals surface area (Å²) in [6, 6.07) is 9.17. The van der Waals surface area contributed by atoms with Gasteiger partial charge in [0.25, 0.3) is 5.91 Å². The first-order chi connectivity index (χ1) is 12.6. The number of amides is 2. The number of nitrogens with one attached hydrogen (secondary N) is 3. The molecule has 2 amide bonds. The number of rotatable bonds is 7. The quantitative estimate of drug-likeness (QED) is 0.663. The summed E-state index contributed by atoms with van der Waals surface area (Å²) in [4.78, 5) is 23.3. The maximum absolute atomic E-state index is 12.3. The third-order valence-electron chi connectivity index (χ3n) is 4.20. The fourth-order valence-electron chi connectivity index (χ4n) is 2.73. The fraction of sp³-hybridized carbons (Fsp3) is 0.333. The maximum Gasteiger partial charge on any atom is 0.272 e. The van der Waals surface area contributed by atoms with Gasteiger partial charge in [-0.2, -0.15) is 10.4 Å². The molecule has 1 saturated carbocycles. The van der Waals surface area contributed by atoms with Crippen molar-refractivity contribution < 1.29 is 9.59 Å². The van der Waals surface area contributed by atoms with Gasteiger partial charge in [-0.05, 0) is 43.0 Å². The molecule has 134 valence electrons. The van der Waals surface area contributed by atoms with Crippen molar-refractivity contribution in [2.45, 2.75) is 32.2 Å². The molecule has 3 N–H and O–H groups in total. The van der Waals surface area contributed by atoms with Gasteiger partial charge in [0.2, 0.25) is 5.91 Å². The summed E-state index contributed by atoms with van der Waals surface area (Å²) in [7, 11) is 0. The van der Waals surface area contributed by atoms with Crippen LogP contribution in [0.15, 0.2) is 36.7 Å². The molecule has 0 bridgehead atoms. The van der Waals surface area contributed by atoms with E-state index in [2.05, 4.69) is 27.3 Å². The van der Waals surface area contributed by atoms with E-state index in [1.807, 2.05) is 0 Å². The van der Waals surface area contributed by atoms with E-state index in [4.69, 9.17) is 5.26 Å². The molecule has 1 fully saturated rings. The first-order valence-electron chi connectivity index (χ1n) is 8.42. The van der Waals surface area contributed by atoms with Crippen LogP contribution in [-0.4, -0.2) is 21.6 Å². The van der Waals surface area contributed by atoms with Gasteiger partial charge in [-0.15, -0.1) is 0 Å². The van der Waals surface area contributed by atoms with Crippen molar-refractivity contribution in [1.29, 1.82) is 5.26 Å². The molecule has 1 aliphatic rings. The number of carbonyl (C=O) groups excluding carboxylic acids is 2. The molecular weight excluding hydrogens is 332 g/mol. The molecule has 1 heterocycles. The van der Waals surface area contributed by atoms with Gasteiger partial charge in [-0.25, -0.2) is 0 Å². The summed E-state index contributed by atoms with van der Waals surface area (Å²) in [6.07, 6.45) is 5.78. The summed E-state index contributed by atoms with van der Waals surface area (Å²) in [5, 5.41) is 15.9. The second kappa shape index (κ2) is 7.70. The fourth-order valence-corrected chi connectivity index (χ4v) is 2.73. The highest BCUT2D eigenvalue weighted by molar-refractivity contribution is 5.94. The van der Waals surface area contributed by atoms with Crippen LogP contribution in [0.4, 0.5) is 11.4 Å². The van der Waals surface area contributed by atoms with Crippen LogP contribution in [0.25, 0.3) is 0 Å². The van der Waals surface area contributed by atoms with Crippen molar-refractivity contribution in [1.82, 2.24) is 15.2 Å². The van der Waals surface area contributed by atoms with Crippen LogP contribution >= 0.6 is 0 Å². The van der Waals surface area contributed by atoms with E-state index >= 15 is 0 Å². The lowest BCUT2D eigenvalue weighted by Crippen LogP contribution is -2.29. The zero-order chi connectivity index (χ0) is 18.5. The molecule has 0 spiro atoms. The highest BCUT2D eigenvalue weighted by atomic mass is 16.2. The van der Waals surface area contributed by atoms with Crippen molar-refractivity contribution in [3.05, 3.63) is 42.2 Å². The predicted molar refractivity (Wildman–Crippen MR) is 96.1 cm³/mol. The monoisotopic (exact) mass is 352 g/mol. The Hall–Kier alpha value is -3.34. The Balaban J connectivity index is 1.57. The summed E-state index contributed by atoms with van der Waals surface area (Å²) in [5.74, 6) is 0.0244. The van der Waals surface area contributed by atoms with E-state index in [1.54, 1.807) is 35.1 Å². The van der Waals surface area contributed by atoms with Gasteiger partial charge in [0.15, 0.2) is 0 Å². The molecule has 1 unspecified atom stereocenters. The molecule has 1 aromatic carbocycles. The third kappa shape index (κ3) is 4.39. The number of hydrazine groups is 1. The molecular formula is C18H20N6O2. The molecule has 2 aromatic rings. The molecule has 8 heteroatoms. The Kier molecular flexibility index (Phi) is 5.17. The SMILES string of the molecule is CC(=O)Nc1ccc(NNC(=O)c2cnn(C(CC#N)C3CC3)c2)cc1. The second-order valence-electron chi connectivity index (χ2n) is 6.31. The van der Waals surface area contributed by atoms with Crippen molar-refractivity contribution in [3.8, 4) is 6.07 Å². The maximum atomic E-state index is 12.3. The Morgan fingerprint density at radius 1 is 1.31 bits per heavy atom. The van der Waals surface area contributed by atoms with E-state index in [0.29, 0.717) is 29.3 Å². The zero-order valence-electron chi connectivity index (χ0n) is 14.4. The van der Waals surface area contributed by atoms with E-state index in [1.165, 1.54) is 13.1 Å². The normalized spacial score (nSPS) is 14.2. The molecule has 8 nitrogen and oxygen atoms in total. The predicted octanol–water partition coefficient (Wildman–Crippen LogP) is 2.46. The van der Waals surface area contributed by atoms with Gasteiger partial charge >= 0.3 is 0 Å². The standard InChI is InChI=1S/C18H20N6O2/c1-12(25)21-15-4-6-16(7-5-15)22-23-18(26)14-10-20-24(11-14)17(8-9-19)13-2-3-13/h4-7,10-11,13,17,22H,2-3,8H2,1H3,(H,21,25)(H,23,26). The molecule has 3 rings (SSSR count). The van der Waals surface area contributed by atoms with Crippen molar-refractivity contribution >= 4 is 23.2 Å². The van der Waals surface area contributed by atoms with Gasteiger partial charge in [0, 0.05) is 18.8 Å². The van der Waals surface area contributed by atoms with Crippen LogP contribution in [0.5, 0.6) is 0 Å². The number of carbonyl (C=O) groups is 2. The molecule has 0 radical (unpaired) electrons. The van der Waals surface area contributed by atoms with E-state index in [0.717, 1.165) is 12.8 Å². The third-order valence-corrected chi connectivity index (χ3v) is 4.20. The number of hydrogen-bond acceptors (Lipinski definition) is 5. The average Bonchev–Trinajstić information content (AvgIpc) is 3.34. The lowest BCUT2D eigenvalue weighted by Gasteiger charge is -2.12. The molecule has 26 heavy (non-hydrogen) atoms. The Morgan fingerprint density at radius 2 is 2.00 bits per heavy atom. The van der Waals surface area contributed by atoms with Crippen molar-refractivity contribution in [3.63, 3.8) is 0 Å². The minimum Gasteiger partial charge on any atom is -0.326 e. The van der Waals surface area contributed by atoms with Crippen LogP contribution in [-0.2, 0) is 4.79 Å². The number of benzene rings is 1. The largest absolute Gasteiger partial charge is 0.326 e. The van der Waals surface area contributed by atoms with Gasteiger partial charge in [0.05, 0.1) is 36.0 Å².